The summed E-state index contributed by atoms with van der Waals surface area (Å²) >= 11 is 0. The Balaban J connectivity index is 0. The Morgan fingerprint density at radius 2 is 0.844 bits per heavy atom. The second kappa shape index (κ2) is 14.6. The van der Waals surface area contributed by atoms with Gasteiger partial charge in [0.15, 0.2) is 0 Å². The van der Waals surface area contributed by atoms with E-state index in [4.69, 9.17) is 9.78 Å². The highest BCUT2D eigenvalue weighted by Crippen LogP contribution is 2.34. The average Bonchev–Trinajstić information content (AvgIpc) is 2.58. The Morgan fingerprint density at radius 1 is 0.562 bits per heavy atom. The van der Waals surface area contributed by atoms with E-state index in [2.05, 4.69) is 88.5 Å². The molecule has 0 N–H and O–H groups in total. The van der Waals surface area contributed by atoms with E-state index in [0.717, 1.165) is 12.8 Å². The van der Waals surface area contributed by atoms with Crippen molar-refractivity contribution in [2.45, 2.75) is 120 Å². The van der Waals surface area contributed by atoms with E-state index in [1.807, 2.05) is 13.8 Å². The van der Waals surface area contributed by atoms with Crippen LogP contribution in [-0.2, 0) is 29.0 Å². The maximum atomic E-state index is 10.6. The van der Waals surface area contributed by atoms with Crippen LogP contribution < -0.4 is 0 Å². The molecular formula is C24H48O8. The lowest BCUT2D eigenvalue weighted by molar-refractivity contribution is -0.407. The molecule has 0 unspecified atom stereocenters. The number of rotatable bonds is 9. The molecule has 0 aromatic rings. The third kappa shape index (κ3) is 23.1. The maximum Gasteiger partial charge on any atom is 0.549 e. The zero-order chi connectivity index (χ0) is 25.6. The third-order valence-electron chi connectivity index (χ3n) is 3.43. The highest BCUT2D eigenvalue weighted by molar-refractivity contribution is 5.63. The van der Waals surface area contributed by atoms with Crippen molar-refractivity contribution in [1.29, 1.82) is 0 Å². The minimum atomic E-state index is -1.06. The molecule has 0 aromatic heterocycles. The van der Waals surface area contributed by atoms with Gasteiger partial charge in [-0.3, -0.25) is 0 Å². The highest BCUT2D eigenvalue weighted by atomic mass is 17.3. The van der Waals surface area contributed by atoms with Crippen molar-refractivity contribution >= 4 is 12.3 Å². The summed E-state index contributed by atoms with van der Waals surface area (Å²) in [5, 5.41) is 0. The molecule has 0 aliphatic carbocycles. The zero-order valence-corrected chi connectivity index (χ0v) is 22.5. The van der Waals surface area contributed by atoms with E-state index in [-0.39, 0.29) is 35.2 Å². The van der Waals surface area contributed by atoms with Crippen LogP contribution in [0.25, 0.3) is 0 Å². The van der Waals surface area contributed by atoms with Crippen molar-refractivity contribution in [3.05, 3.63) is 0 Å². The lowest BCUT2D eigenvalue weighted by Gasteiger charge is -2.36. The summed E-state index contributed by atoms with van der Waals surface area (Å²) in [5.74, 6) is 0. The molecule has 0 bridgehead atoms. The Hall–Kier alpha value is -1.54. The summed E-state index contributed by atoms with van der Waals surface area (Å²) in [7, 11) is 0. The Bertz CT molecular complexity index is 479. The fourth-order valence-corrected chi connectivity index (χ4v) is 3.33. The minimum Gasteiger partial charge on any atom is -0.432 e. The SMILES string of the molecule is CC(C)(C)CC(C)(C)OOC(C)(C)CC(C)(C)C.CCCOC(=O)OOC(=O)OCCC. The van der Waals surface area contributed by atoms with Gasteiger partial charge < -0.3 is 9.47 Å². The summed E-state index contributed by atoms with van der Waals surface area (Å²) in [6.45, 7) is 25.8. The molecule has 0 fully saturated rings. The van der Waals surface area contributed by atoms with Crippen LogP contribution in [-0.4, -0.2) is 36.7 Å². The average molecular weight is 465 g/mol. The first-order valence-electron chi connectivity index (χ1n) is 11.4. The van der Waals surface area contributed by atoms with Gasteiger partial charge in [-0.2, -0.15) is 19.4 Å². The predicted molar refractivity (Wildman–Crippen MR) is 124 cm³/mol. The molecular weight excluding hydrogens is 416 g/mol. The van der Waals surface area contributed by atoms with Gasteiger partial charge in [0.25, 0.3) is 0 Å². The summed E-state index contributed by atoms with van der Waals surface area (Å²) in [4.78, 5) is 40.6. The fraction of sp³-hybridized carbons (Fsp3) is 0.917. The molecule has 0 amide bonds. The second-order valence-corrected chi connectivity index (χ2v) is 11.5. The van der Waals surface area contributed by atoms with Crippen LogP contribution in [0.4, 0.5) is 9.59 Å². The van der Waals surface area contributed by atoms with Gasteiger partial charge in [-0.1, -0.05) is 55.4 Å². The van der Waals surface area contributed by atoms with Gasteiger partial charge in [-0.25, -0.2) is 9.78 Å². The van der Waals surface area contributed by atoms with Gasteiger partial charge in [0.2, 0.25) is 0 Å². The van der Waals surface area contributed by atoms with Gasteiger partial charge in [0.1, 0.15) is 0 Å². The van der Waals surface area contributed by atoms with E-state index in [0.29, 0.717) is 12.8 Å². The van der Waals surface area contributed by atoms with Crippen molar-refractivity contribution in [2.24, 2.45) is 10.8 Å². The Morgan fingerprint density at radius 3 is 1.06 bits per heavy atom. The fourth-order valence-electron chi connectivity index (χ4n) is 3.33. The first kappa shape index (κ1) is 32.6. The minimum absolute atomic E-state index is 0.214. The molecule has 192 valence electrons. The molecule has 0 heterocycles. The van der Waals surface area contributed by atoms with Gasteiger partial charge in [-0.15, -0.1) is 0 Å². The van der Waals surface area contributed by atoms with Crippen LogP contribution in [0, 0.1) is 10.8 Å². The van der Waals surface area contributed by atoms with Crippen molar-refractivity contribution in [3.63, 3.8) is 0 Å². The van der Waals surface area contributed by atoms with Gasteiger partial charge in [0, 0.05) is 0 Å². The van der Waals surface area contributed by atoms with Crippen LogP contribution in [0.1, 0.15) is 109 Å². The number of carbonyl (C=O) groups is 2. The number of hydrogen-bond acceptors (Lipinski definition) is 8. The van der Waals surface area contributed by atoms with Crippen molar-refractivity contribution in [1.82, 2.24) is 0 Å². The summed E-state index contributed by atoms with van der Waals surface area (Å²) in [6.07, 6.45) is 1.14. The second-order valence-electron chi connectivity index (χ2n) is 11.5. The molecule has 0 atom stereocenters. The summed E-state index contributed by atoms with van der Waals surface area (Å²) in [6, 6.07) is 0. The molecule has 0 saturated heterocycles. The van der Waals surface area contributed by atoms with Crippen LogP contribution in [0.15, 0.2) is 0 Å². The van der Waals surface area contributed by atoms with Crippen LogP contribution in [0.2, 0.25) is 0 Å². The first-order chi connectivity index (χ1) is 14.3. The quantitative estimate of drug-likeness (QED) is 0.198. The molecule has 0 saturated carbocycles. The van der Waals surface area contributed by atoms with Crippen LogP contribution in [0.3, 0.4) is 0 Å². The van der Waals surface area contributed by atoms with Crippen molar-refractivity contribution in [2.75, 3.05) is 13.2 Å². The molecule has 0 aliphatic rings. The first-order valence-corrected chi connectivity index (χ1v) is 11.4. The van der Waals surface area contributed by atoms with E-state index < -0.39 is 12.3 Å². The highest BCUT2D eigenvalue weighted by Gasteiger charge is 2.32. The van der Waals surface area contributed by atoms with Gasteiger partial charge in [0.05, 0.1) is 24.4 Å². The van der Waals surface area contributed by atoms with E-state index in [1.54, 1.807) is 0 Å². The van der Waals surface area contributed by atoms with Crippen LogP contribution >= 0.6 is 0 Å². The van der Waals surface area contributed by atoms with Gasteiger partial charge >= 0.3 is 12.3 Å². The third-order valence-corrected chi connectivity index (χ3v) is 3.43. The molecule has 0 rings (SSSR count). The maximum absolute atomic E-state index is 10.6. The number of ether oxygens (including phenoxy) is 2. The molecule has 8 nitrogen and oxygen atoms in total. The van der Waals surface area contributed by atoms with Crippen LogP contribution in [0.5, 0.6) is 0 Å². The summed E-state index contributed by atoms with van der Waals surface area (Å²) < 4.78 is 8.90. The molecule has 8 heteroatoms. The lowest BCUT2D eigenvalue weighted by atomic mass is 9.83. The van der Waals surface area contributed by atoms with Crippen molar-refractivity contribution in [3.8, 4) is 0 Å². The Labute approximate surface area is 195 Å². The number of carbonyl (C=O) groups excluding carboxylic acids is 2. The topological polar surface area (TPSA) is 89.5 Å². The van der Waals surface area contributed by atoms with E-state index in [9.17, 15) is 9.59 Å². The standard InChI is InChI=1S/C16H34O2.C8H14O6/c1-13(2,3)11-15(7,8)17-18-16(9,10)12-14(4,5)6;1-3-5-11-7(9)13-14-8(10)12-6-4-2/h11-12H2,1-10H3;3-6H2,1-2H3. The van der Waals surface area contributed by atoms with E-state index >= 15 is 0 Å². The van der Waals surface area contributed by atoms with E-state index in [1.165, 1.54) is 0 Å². The Kier molecular flexibility index (Phi) is 14.9. The molecule has 0 spiro atoms. The smallest absolute Gasteiger partial charge is 0.432 e. The normalized spacial score (nSPS) is 12.4. The predicted octanol–water partition coefficient (Wildman–Crippen LogP) is 7.39. The molecule has 0 aromatic carbocycles. The largest absolute Gasteiger partial charge is 0.549 e. The summed E-state index contributed by atoms with van der Waals surface area (Å²) in [5.41, 5.74) is -0.0388. The van der Waals surface area contributed by atoms with Crippen molar-refractivity contribution < 1.29 is 38.6 Å². The zero-order valence-electron chi connectivity index (χ0n) is 22.5. The lowest BCUT2D eigenvalue weighted by Crippen LogP contribution is -2.37. The molecule has 32 heavy (non-hydrogen) atoms. The molecule has 0 radical (unpaired) electrons. The molecule has 0 aliphatic heterocycles. The monoisotopic (exact) mass is 464 g/mol. The number of hydrogen-bond donors (Lipinski definition) is 0. The van der Waals surface area contributed by atoms with Gasteiger partial charge in [-0.05, 0) is 64.2 Å².